The second-order valence-corrected chi connectivity index (χ2v) is 3.97. The van der Waals surface area contributed by atoms with E-state index in [1.165, 1.54) is 0 Å². The molecular weight excluding hydrogens is 232 g/mol. The van der Waals surface area contributed by atoms with Crippen LogP contribution in [0.1, 0.15) is 22.3 Å². The lowest BCUT2D eigenvalue weighted by Crippen LogP contribution is -1.98. The van der Waals surface area contributed by atoms with E-state index in [0.29, 0.717) is 4.47 Å². The van der Waals surface area contributed by atoms with Crippen LogP contribution in [-0.2, 0) is 6.61 Å². The van der Waals surface area contributed by atoms with Gasteiger partial charge < -0.3 is 10.2 Å². The Morgan fingerprint density at radius 1 is 1.08 bits per heavy atom. The third-order valence-corrected chi connectivity index (χ3v) is 3.49. The fraction of sp³-hybridized carbons (Fsp3) is 0.400. The molecule has 2 nitrogen and oxygen atoms in total. The Morgan fingerprint density at radius 2 is 1.62 bits per heavy atom. The summed E-state index contributed by atoms with van der Waals surface area (Å²) in [6, 6.07) is 0. The smallest absolute Gasteiger partial charge is 0.133 e. The van der Waals surface area contributed by atoms with Gasteiger partial charge >= 0.3 is 0 Å². The normalized spacial score (nSPS) is 10.5. The molecule has 2 N–H and O–H groups in total. The number of phenols is 1. The van der Waals surface area contributed by atoms with E-state index in [2.05, 4.69) is 15.9 Å². The van der Waals surface area contributed by atoms with Crippen molar-refractivity contribution in [2.75, 3.05) is 0 Å². The molecule has 0 unspecified atom stereocenters. The summed E-state index contributed by atoms with van der Waals surface area (Å²) in [7, 11) is 0. The van der Waals surface area contributed by atoms with Gasteiger partial charge in [-0.15, -0.1) is 0 Å². The number of halogens is 1. The van der Waals surface area contributed by atoms with Crippen molar-refractivity contribution in [3.63, 3.8) is 0 Å². The third-order valence-electron chi connectivity index (χ3n) is 2.52. The topological polar surface area (TPSA) is 40.5 Å². The molecule has 0 amide bonds. The first-order chi connectivity index (χ1) is 6.00. The molecule has 0 saturated heterocycles. The molecule has 0 atom stereocenters. The summed E-state index contributed by atoms with van der Waals surface area (Å²) >= 11 is 3.29. The van der Waals surface area contributed by atoms with Gasteiger partial charge in [0.2, 0.25) is 0 Å². The van der Waals surface area contributed by atoms with Crippen molar-refractivity contribution in [3.05, 3.63) is 26.7 Å². The van der Waals surface area contributed by atoms with Crippen molar-refractivity contribution in [2.45, 2.75) is 27.4 Å². The van der Waals surface area contributed by atoms with Gasteiger partial charge in [0.1, 0.15) is 5.75 Å². The lowest BCUT2D eigenvalue weighted by molar-refractivity contribution is 0.280. The molecule has 1 aromatic rings. The van der Waals surface area contributed by atoms with Crippen LogP contribution in [0.25, 0.3) is 0 Å². The van der Waals surface area contributed by atoms with Crippen molar-refractivity contribution in [1.29, 1.82) is 0 Å². The van der Waals surface area contributed by atoms with E-state index < -0.39 is 0 Å². The van der Waals surface area contributed by atoms with E-state index in [1.807, 2.05) is 20.8 Å². The molecule has 0 spiro atoms. The summed E-state index contributed by atoms with van der Waals surface area (Å²) in [5.41, 5.74) is 3.58. The molecule has 0 heterocycles. The van der Waals surface area contributed by atoms with E-state index in [4.69, 9.17) is 5.11 Å². The first kappa shape index (κ1) is 10.5. The summed E-state index contributed by atoms with van der Waals surface area (Å²) in [5.74, 6) is 0.271. The van der Waals surface area contributed by atoms with Gasteiger partial charge in [0.15, 0.2) is 0 Å². The summed E-state index contributed by atoms with van der Waals surface area (Å²) in [6.45, 7) is 5.63. The Balaban J connectivity index is 3.56. The van der Waals surface area contributed by atoms with E-state index in [1.54, 1.807) is 0 Å². The van der Waals surface area contributed by atoms with Crippen LogP contribution in [0, 0.1) is 20.8 Å². The number of aromatic hydroxyl groups is 1. The molecule has 0 aliphatic rings. The number of aliphatic hydroxyl groups is 1. The van der Waals surface area contributed by atoms with Crippen LogP contribution in [0.5, 0.6) is 5.75 Å². The van der Waals surface area contributed by atoms with Crippen LogP contribution in [0.2, 0.25) is 0 Å². The number of rotatable bonds is 1. The number of hydrogen-bond acceptors (Lipinski definition) is 2. The van der Waals surface area contributed by atoms with E-state index in [-0.39, 0.29) is 12.4 Å². The van der Waals surface area contributed by atoms with Gasteiger partial charge in [-0.25, -0.2) is 0 Å². The zero-order valence-corrected chi connectivity index (χ0v) is 9.57. The van der Waals surface area contributed by atoms with Crippen molar-refractivity contribution in [1.82, 2.24) is 0 Å². The Morgan fingerprint density at radius 3 is 2.08 bits per heavy atom. The molecule has 3 heteroatoms. The molecule has 0 fully saturated rings. The zero-order chi connectivity index (χ0) is 10.2. The van der Waals surface area contributed by atoms with Crippen LogP contribution in [0.4, 0.5) is 0 Å². The van der Waals surface area contributed by atoms with Gasteiger partial charge in [0.25, 0.3) is 0 Å². The maximum atomic E-state index is 9.66. The lowest BCUT2D eigenvalue weighted by atomic mass is 9.98. The average molecular weight is 245 g/mol. The standard InChI is InChI=1S/C10H13BrO2/c1-5-6(2)10(13)9(11)7(3)8(5)4-12/h12-13H,4H2,1-3H3. The van der Waals surface area contributed by atoms with E-state index >= 15 is 0 Å². The maximum Gasteiger partial charge on any atom is 0.133 e. The monoisotopic (exact) mass is 244 g/mol. The van der Waals surface area contributed by atoms with Crippen molar-refractivity contribution in [3.8, 4) is 5.75 Å². The van der Waals surface area contributed by atoms with Gasteiger partial charge in [0, 0.05) is 0 Å². The molecule has 0 aromatic heterocycles. The molecule has 0 aliphatic carbocycles. The highest BCUT2D eigenvalue weighted by Gasteiger charge is 2.13. The maximum absolute atomic E-state index is 9.66. The van der Waals surface area contributed by atoms with Gasteiger partial charge in [-0.1, -0.05) is 0 Å². The minimum Gasteiger partial charge on any atom is -0.506 e. The molecule has 0 saturated carbocycles. The molecule has 0 bridgehead atoms. The molecule has 0 radical (unpaired) electrons. The second-order valence-electron chi connectivity index (χ2n) is 3.17. The fourth-order valence-electron chi connectivity index (χ4n) is 1.40. The molecule has 1 rings (SSSR count). The Kier molecular flexibility index (Phi) is 2.98. The van der Waals surface area contributed by atoms with Crippen LogP contribution >= 0.6 is 15.9 Å². The second kappa shape index (κ2) is 3.68. The molecule has 0 aliphatic heterocycles. The quantitative estimate of drug-likeness (QED) is 0.798. The van der Waals surface area contributed by atoms with Gasteiger partial charge in [0.05, 0.1) is 11.1 Å². The predicted molar refractivity (Wildman–Crippen MR) is 55.9 cm³/mol. The summed E-state index contributed by atoms with van der Waals surface area (Å²) < 4.78 is 0.680. The van der Waals surface area contributed by atoms with Gasteiger partial charge in [-0.05, 0) is 59.0 Å². The van der Waals surface area contributed by atoms with Crippen LogP contribution in [-0.4, -0.2) is 10.2 Å². The fourth-order valence-corrected chi connectivity index (χ4v) is 1.93. The molecule has 72 valence electrons. The highest BCUT2D eigenvalue weighted by molar-refractivity contribution is 9.10. The van der Waals surface area contributed by atoms with E-state index in [0.717, 1.165) is 22.3 Å². The Labute approximate surface area is 86.3 Å². The number of aliphatic hydroxyl groups excluding tert-OH is 1. The summed E-state index contributed by atoms with van der Waals surface area (Å²) in [4.78, 5) is 0. The largest absolute Gasteiger partial charge is 0.506 e. The van der Waals surface area contributed by atoms with Crippen molar-refractivity contribution in [2.24, 2.45) is 0 Å². The van der Waals surface area contributed by atoms with Gasteiger partial charge in [-0.2, -0.15) is 0 Å². The summed E-state index contributed by atoms with van der Waals surface area (Å²) in [5, 5.41) is 18.8. The minimum absolute atomic E-state index is 0.0113. The first-order valence-electron chi connectivity index (χ1n) is 4.08. The predicted octanol–water partition coefficient (Wildman–Crippen LogP) is 2.57. The highest BCUT2D eigenvalue weighted by atomic mass is 79.9. The number of benzene rings is 1. The third kappa shape index (κ3) is 1.58. The lowest BCUT2D eigenvalue weighted by Gasteiger charge is -2.14. The Hall–Kier alpha value is -0.540. The summed E-state index contributed by atoms with van der Waals surface area (Å²) in [6.07, 6.45) is 0. The SMILES string of the molecule is Cc1c(C)c(CO)c(C)c(Br)c1O. The van der Waals surface area contributed by atoms with E-state index in [9.17, 15) is 5.11 Å². The highest BCUT2D eigenvalue weighted by Crippen LogP contribution is 2.35. The van der Waals surface area contributed by atoms with Crippen LogP contribution < -0.4 is 0 Å². The molecule has 13 heavy (non-hydrogen) atoms. The Bertz CT molecular complexity index is 316. The molecule has 1 aromatic carbocycles. The van der Waals surface area contributed by atoms with Crippen molar-refractivity contribution >= 4 is 15.9 Å². The number of phenolic OH excluding ortho intramolecular Hbond substituents is 1. The minimum atomic E-state index is 0.0113. The van der Waals surface area contributed by atoms with Crippen LogP contribution in [0.15, 0.2) is 4.47 Å². The zero-order valence-electron chi connectivity index (χ0n) is 7.98. The number of hydrogen-bond donors (Lipinski definition) is 2. The first-order valence-corrected chi connectivity index (χ1v) is 4.88. The van der Waals surface area contributed by atoms with Gasteiger partial charge in [-0.3, -0.25) is 0 Å². The molecular formula is C10H13BrO2. The average Bonchev–Trinajstić information content (AvgIpc) is 2.13. The van der Waals surface area contributed by atoms with Crippen molar-refractivity contribution < 1.29 is 10.2 Å². The van der Waals surface area contributed by atoms with Crippen LogP contribution in [0.3, 0.4) is 0 Å².